The van der Waals surface area contributed by atoms with Crippen molar-refractivity contribution in [2.75, 3.05) is 0 Å². The number of aromatic nitrogens is 3. The Morgan fingerprint density at radius 1 is 1.35 bits per heavy atom. The Morgan fingerprint density at radius 3 is 2.83 bits per heavy atom. The number of carbonyl (C=O) groups is 1. The third-order valence-electron chi connectivity index (χ3n) is 3.72. The fraction of sp³-hybridized carbons (Fsp3) is 0.235. The van der Waals surface area contributed by atoms with Crippen LogP contribution < -0.4 is 5.32 Å². The SMILES string of the molecule is Cc1nn(C)c(C)c1/C=C/C(=O)NCc1nc2ccccc2s1. The van der Waals surface area contributed by atoms with E-state index in [2.05, 4.69) is 15.4 Å². The van der Waals surface area contributed by atoms with Crippen LogP contribution in [0.4, 0.5) is 0 Å². The van der Waals surface area contributed by atoms with Crippen molar-refractivity contribution in [3.05, 3.63) is 52.3 Å². The molecule has 2 heterocycles. The van der Waals surface area contributed by atoms with Crippen LogP contribution in [0.2, 0.25) is 0 Å². The van der Waals surface area contributed by atoms with Crippen LogP contribution in [0.3, 0.4) is 0 Å². The number of carbonyl (C=O) groups excluding carboxylic acids is 1. The summed E-state index contributed by atoms with van der Waals surface area (Å²) in [6.45, 7) is 4.36. The molecule has 5 nitrogen and oxygen atoms in total. The summed E-state index contributed by atoms with van der Waals surface area (Å²) < 4.78 is 2.95. The number of nitrogens with zero attached hydrogens (tertiary/aromatic N) is 3. The zero-order chi connectivity index (χ0) is 16.4. The van der Waals surface area contributed by atoms with Crippen LogP contribution in [0.25, 0.3) is 16.3 Å². The Kier molecular flexibility index (Phi) is 4.25. The zero-order valence-corrected chi connectivity index (χ0v) is 14.1. The summed E-state index contributed by atoms with van der Waals surface area (Å²) in [6.07, 6.45) is 3.36. The molecule has 0 saturated heterocycles. The summed E-state index contributed by atoms with van der Waals surface area (Å²) in [5.74, 6) is -0.132. The normalized spacial score (nSPS) is 11.4. The smallest absolute Gasteiger partial charge is 0.244 e. The van der Waals surface area contributed by atoms with E-state index in [0.717, 1.165) is 32.2 Å². The van der Waals surface area contributed by atoms with Crippen LogP contribution in [0, 0.1) is 13.8 Å². The largest absolute Gasteiger partial charge is 0.346 e. The Bertz CT molecular complexity index is 858. The van der Waals surface area contributed by atoms with E-state index in [1.54, 1.807) is 17.4 Å². The van der Waals surface area contributed by atoms with Crippen molar-refractivity contribution in [3.63, 3.8) is 0 Å². The maximum Gasteiger partial charge on any atom is 0.244 e. The molecule has 2 aromatic heterocycles. The molecule has 0 saturated carbocycles. The van der Waals surface area contributed by atoms with Gasteiger partial charge in [-0.2, -0.15) is 5.10 Å². The summed E-state index contributed by atoms with van der Waals surface area (Å²) in [4.78, 5) is 16.5. The molecular weight excluding hydrogens is 308 g/mol. The van der Waals surface area contributed by atoms with Gasteiger partial charge in [0.2, 0.25) is 5.91 Å². The summed E-state index contributed by atoms with van der Waals surface area (Å²) in [5.41, 5.74) is 3.92. The minimum Gasteiger partial charge on any atom is -0.346 e. The molecule has 118 valence electrons. The second kappa shape index (κ2) is 6.34. The van der Waals surface area contributed by atoms with E-state index in [1.807, 2.05) is 55.9 Å². The van der Waals surface area contributed by atoms with Gasteiger partial charge in [0.15, 0.2) is 0 Å². The summed E-state index contributed by atoms with van der Waals surface area (Å²) in [7, 11) is 1.90. The van der Waals surface area contributed by atoms with E-state index in [9.17, 15) is 4.79 Å². The van der Waals surface area contributed by atoms with Gasteiger partial charge in [-0.25, -0.2) is 4.98 Å². The van der Waals surface area contributed by atoms with E-state index in [4.69, 9.17) is 0 Å². The first kappa shape index (κ1) is 15.4. The second-order valence-corrected chi connectivity index (χ2v) is 6.45. The first-order valence-corrected chi connectivity index (χ1v) is 8.17. The van der Waals surface area contributed by atoms with Gasteiger partial charge in [0.25, 0.3) is 0 Å². The van der Waals surface area contributed by atoms with Gasteiger partial charge in [0.1, 0.15) is 5.01 Å². The number of para-hydroxylation sites is 1. The van der Waals surface area contributed by atoms with Gasteiger partial charge in [-0.15, -0.1) is 11.3 Å². The summed E-state index contributed by atoms with van der Waals surface area (Å²) in [5, 5.41) is 8.11. The number of rotatable bonds is 4. The Labute approximate surface area is 138 Å². The van der Waals surface area contributed by atoms with Crippen LogP contribution in [0.5, 0.6) is 0 Å². The fourth-order valence-corrected chi connectivity index (χ4v) is 3.31. The van der Waals surface area contributed by atoms with Crippen LogP contribution in [-0.2, 0) is 18.4 Å². The van der Waals surface area contributed by atoms with Crippen molar-refractivity contribution >= 4 is 33.5 Å². The highest BCUT2D eigenvalue weighted by atomic mass is 32.1. The topological polar surface area (TPSA) is 59.8 Å². The molecule has 0 aliphatic heterocycles. The number of hydrogen-bond donors (Lipinski definition) is 1. The third-order valence-corrected chi connectivity index (χ3v) is 4.75. The monoisotopic (exact) mass is 326 g/mol. The zero-order valence-electron chi connectivity index (χ0n) is 13.3. The molecule has 3 aromatic rings. The molecule has 23 heavy (non-hydrogen) atoms. The minimum atomic E-state index is -0.132. The van der Waals surface area contributed by atoms with Crippen molar-refractivity contribution < 1.29 is 4.79 Å². The van der Waals surface area contributed by atoms with E-state index in [1.165, 1.54) is 0 Å². The van der Waals surface area contributed by atoms with E-state index in [0.29, 0.717) is 6.54 Å². The van der Waals surface area contributed by atoms with Gasteiger partial charge >= 0.3 is 0 Å². The summed E-state index contributed by atoms with van der Waals surface area (Å²) in [6, 6.07) is 7.97. The Hall–Kier alpha value is -2.47. The molecule has 6 heteroatoms. The molecule has 1 N–H and O–H groups in total. The molecule has 0 aliphatic rings. The molecule has 1 amide bonds. The lowest BCUT2D eigenvalue weighted by atomic mass is 10.2. The first-order chi connectivity index (χ1) is 11.0. The van der Waals surface area contributed by atoms with E-state index in [-0.39, 0.29) is 5.91 Å². The fourth-order valence-electron chi connectivity index (χ4n) is 2.41. The standard InChI is InChI=1S/C17H18N4OS/c1-11-13(12(2)21(3)20-11)8-9-16(22)18-10-17-19-14-6-4-5-7-15(14)23-17/h4-9H,10H2,1-3H3,(H,18,22)/b9-8+. The highest BCUT2D eigenvalue weighted by Gasteiger charge is 2.07. The molecule has 0 spiro atoms. The van der Waals surface area contributed by atoms with Crippen molar-refractivity contribution in [1.82, 2.24) is 20.1 Å². The van der Waals surface area contributed by atoms with Crippen molar-refractivity contribution in [3.8, 4) is 0 Å². The van der Waals surface area contributed by atoms with Gasteiger partial charge in [-0.05, 0) is 32.1 Å². The Balaban J connectivity index is 1.64. The molecule has 0 atom stereocenters. The van der Waals surface area contributed by atoms with Gasteiger partial charge in [-0.1, -0.05) is 12.1 Å². The number of benzene rings is 1. The first-order valence-electron chi connectivity index (χ1n) is 7.35. The number of hydrogen-bond acceptors (Lipinski definition) is 4. The second-order valence-electron chi connectivity index (χ2n) is 5.33. The van der Waals surface area contributed by atoms with E-state index < -0.39 is 0 Å². The van der Waals surface area contributed by atoms with Crippen LogP contribution in [-0.4, -0.2) is 20.7 Å². The average Bonchev–Trinajstić information content (AvgIpc) is 3.05. The average molecular weight is 326 g/mol. The number of fused-ring (bicyclic) bond motifs is 1. The molecule has 1 aromatic carbocycles. The van der Waals surface area contributed by atoms with Crippen LogP contribution in [0.1, 0.15) is 22.0 Å². The third kappa shape index (κ3) is 3.32. The molecule has 0 aliphatic carbocycles. The van der Waals surface area contributed by atoms with Gasteiger partial charge in [0.05, 0.1) is 22.5 Å². The highest BCUT2D eigenvalue weighted by Crippen LogP contribution is 2.21. The van der Waals surface area contributed by atoms with Crippen LogP contribution in [0.15, 0.2) is 30.3 Å². The Morgan fingerprint density at radius 2 is 2.13 bits per heavy atom. The van der Waals surface area contributed by atoms with Crippen molar-refractivity contribution in [2.45, 2.75) is 20.4 Å². The molecule has 0 fully saturated rings. The van der Waals surface area contributed by atoms with Gasteiger partial charge in [0, 0.05) is 24.4 Å². The van der Waals surface area contributed by atoms with Gasteiger partial charge < -0.3 is 5.32 Å². The van der Waals surface area contributed by atoms with Crippen molar-refractivity contribution in [2.24, 2.45) is 7.05 Å². The van der Waals surface area contributed by atoms with Crippen molar-refractivity contribution in [1.29, 1.82) is 0 Å². The lowest BCUT2D eigenvalue weighted by molar-refractivity contribution is -0.116. The van der Waals surface area contributed by atoms with Gasteiger partial charge in [-0.3, -0.25) is 9.48 Å². The molecular formula is C17H18N4OS. The predicted molar refractivity (Wildman–Crippen MR) is 93.2 cm³/mol. The number of thiazole rings is 1. The summed E-state index contributed by atoms with van der Waals surface area (Å²) >= 11 is 1.60. The van der Waals surface area contributed by atoms with Crippen LogP contribution >= 0.6 is 11.3 Å². The quantitative estimate of drug-likeness (QED) is 0.750. The maximum absolute atomic E-state index is 12.0. The minimum absolute atomic E-state index is 0.132. The molecule has 0 radical (unpaired) electrons. The predicted octanol–water partition coefficient (Wildman–Crippen LogP) is 2.98. The van der Waals surface area contributed by atoms with E-state index >= 15 is 0 Å². The highest BCUT2D eigenvalue weighted by molar-refractivity contribution is 7.18. The molecule has 0 unspecified atom stereocenters. The maximum atomic E-state index is 12.0. The lowest BCUT2D eigenvalue weighted by Gasteiger charge is -1.98. The number of nitrogens with one attached hydrogen (secondary N) is 1. The molecule has 3 rings (SSSR count). The lowest BCUT2D eigenvalue weighted by Crippen LogP contribution is -2.20. The number of amides is 1. The number of aryl methyl sites for hydroxylation is 2. The molecule has 0 bridgehead atoms.